The van der Waals surface area contributed by atoms with Gasteiger partial charge in [-0.05, 0) is 30.1 Å². The average molecular weight is 377 g/mol. The minimum absolute atomic E-state index is 0.294. The van der Waals surface area contributed by atoms with Crippen LogP contribution >= 0.6 is 0 Å². The first kappa shape index (κ1) is 21.3. The molecule has 0 saturated carbocycles. The summed E-state index contributed by atoms with van der Waals surface area (Å²) >= 11 is 0. The molecule has 0 spiro atoms. The zero-order valence-electron chi connectivity index (χ0n) is 17.3. The number of hydrogen-bond acceptors (Lipinski definition) is 4. The molecule has 1 aliphatic heterocycles. The first-order valence-corrected chi connectivity index (χ1v) is 12.7. The number of hydrogen-bond donors (Lipinski definition) is 0. The summed E-state index contributed by atoms with van der Waals surface area (Å²) in [4.78, 5) is 15.8. The van der Waals surface area contributed by atoms with Crippen molar-refractivity contribution >= 4 is 14.6 Å². The first-order valence-electron chi connectivity index (χ1n) is 9.84. The van der Waals surface area contributed by atoms with Gasteiger partial charge in [-0.2, -0.15) is 0 Å². The van der Waals surface area contributed by atoms with E-state index in [0.29, 0.717) is 5.04 Å². The van der Waals surface area contributed by atoms with Crippen LogP contribution in [-0.4, -0.2) is 63.7 Å². The van der Waals surface area contributed by atoms with Crippen molar-refractivity contribution in [3.05, 3.63) is 35.4 Å². The summed E-state index contributed by atoms with van der Waals surface area (Å²) in [7, 11) is -1.60. The lowest BCUT2D eigenvalue weighted by molar-refractivity contribution is 0.112. The molecule has 0 N–H and O–H groups in total. The molecule has 26 heavy (non-hydrogen) atoms. The number of benzene rings is 1. The van der Waals surface area contributed by atoms with Gasteiger partial charge in [-0.25, -0.2) is 0 Å². The van der Waals surface area contributed by atoms with Crippen LogP contribution in [0.1, 0.15) is 43.1 Å². The molecular formula is C21H36N2O2Si. The van der Waals surface area contributed by atoms with Crippen LogP contribution in [0.2, 0.25) is 18.1 Å². The number of nitrogens with zero attached hydrogens (tertiary/aromatic N) is 2. The Morgan fingerprint density at radius 1 is 1.04 bits per heavy atom. The Hall–Kier alpha value is -1.01. The van der Waals surface area contributed by atoms with E-state index >= 15 is 0 Å². The highest BCUT2D eigenvalue weighted by Gasteiger charge is 2.36. The number of piperazine rings is 1. The van der Waals surface area contributed by atoms with Gasteiger partial charge < -0.3 is 9.33 Å². The largest absolute Gasteiger partial charge is 0.417 e. The summed E-state index contributed by atoms with van der Waals surface area (Å²) in [5.41, 5.74) is 2.03. The van der Waals surface area contributed by atoms with Crippen LogP contribution in [0.15, 0.2) is 24.3 Å². The fraction of sp³-hybridized carbons (Fsp3) is 0.667. The monoisotopic (exact) mass is 376 g/mol. The molecule has 5 heteroatoms. The first-order chi connectivity index (χ1) is 12.2. The van der Waals surface area contributed by atoms with Crippen molar-refractivity contribution in [2.75, 3.05) is 39.3 Å². The number of rotatable bonds is 8. The van der Waals surface area contributed by atoms with E-state index in [4.69, 9.17) is 4.43 Å². The van der Waals surface area contributed by atoms with E-state index < -0.39 is 8.32 Å². The molecule has 1 aromatic carbocycles. The van der Waals surface area contributed by atoms with Crippen molar-refractivity contribution in [1.82, 2.24) is 9.80 Å². The molecule has 1 aromatic rings. The van der Waals surface area contributed by atoms with Gasteiger partial charge in [0.25, 0.3) is 0 Å². The molecule has 0 aromatic heterocycles. The van der Waals surface area contributed by atoms with Crippen molar-refractivity contribution in [2.45, 2.75) is 51.9 Å². The minimum Gasteiger partial charge on any atom is -0.417 e. The summed E-state index contributed by atoms with van der Waals surface area (Å²) in [6.07, 6.45) is 2.02. The molecule has 1 aliphatic rings. The maximum atomic E-state index is 10.7. The van der Waals surface area contributed by atoms with Crippen LogP contribution in [0, 0.1) is 0 Å². The second-order valence-electron chi connectivity index (χ2n) is 8.94. The Labute approximate surface area is 160 Å². The molecule has 1 saturated heterocycles. The molecule has 146 valence electrons. The predicted octanol–water partition coefficient (Wildman–Crippen LogP) is 4.03. The van der Waals surface area contributed by atoms with Gasteiger partial charge in [0.2, 0.25) is 0 Å². The summed E-state index contributed by atoms with van der Waals surface area (Å²) in [5, 5.41) is 0.294. The highest BCUT2D eigenvalue weighted by molar-refractivity contribution is 6.74. The van der Waals surface area contributed by atoms with Gasteiger partial charge in [-0.3, -0.25) is 9.69 Å². The number of carbonyl (C=O) groups is 1. The van der Waals surface area contributed by atoms with E-state index in [2.05, 4.69) is 55.8 Å². The van der Waals surface area contributed by atoms with Crippen LogP contribution in [0.25, 0.3) is 0 Å². The lowest BCUT2D eigenvalue weighted by atomic mass is 10.1. The van der Waals surface area contributed by atoms with E-state index in [0.717, 1.165) is 64.1 Å². The lowest BCUT2D eigenvalue weighted by Gasteiger charge is -2.37. The molecule has 4 nitrogen and oxygen atoms in total. The third kappa shape index (κ3) is 6.30. The fourth-order valence-corrected chi connectivity index (χ4v) is 4.05. The van der Waals surface area contributed by atoms with E-state index in [-0.39, 0.29) is 0 Å². The van der Waals surface area contributed by atoms with Gasteiger partial charge >= 0.3 is 0 Å². The van der Waals surface area contributed by atoms with Gasteiger partial charge in [0.1, 0.15) is 6.29 Å². The molecular weight excluding hydrogens is 340 g/mol. The summed E-state index contributed by atoms with van der Waals surface area (Å²) in [5.74, 6) is 0. The van der Waals surface area contributed by atoms with Crippen molar-refractivity contribution in [1.29, 1.82) is 0 Å². The van der Waals surface area contributed by atoms with Crippen molar-refractivity contribution in [2.24, 2.45) is 0 Å². The molecule has 0 amide bonds. The van der Waals surface area contributed by atoms with Gasteiger partial charge in [0, 0.05) is 51.4 Å². The third-order valence-corrected chi connectivity index (χ3v) is 10.4. The van der Waals surface area contributed by atoms with Crippen molar-refractivity contribution < 1.29 is 9.22 Å². The standard InChI is InChI=1S/C21H36N2O2Si/c1-21(2,3)26(4,5)25-16-6-11-22-12-14-23(15-13-22)17-19-7-9-20(18-24)10-8-19/h7-10,18H,6,11-17H2,1-5H3. The molecule has 0 radical (unpaired) electrons. The zero-order chi connectivity index (χ0) is 19.2. The SMILES string of the molecule is CC(C)(C)[Si](C)(C)OCCCN1CCN(Cc2ccc(C=O)cc2)CC1. The Bertz CT molecular complexity index is 558. The average Bonchev–Trinajstić information content (AvgIpc) is 2.60. The van der Waals surface area contributed by atoms with Gasteiger partial charge in [0.15, 0.2) is 8.32 Å². The van der Waals surface area contributed by atoms with Crippen LogP contribution in [0.4, 0.5) is 0 Å². The highest BCUT2D eigenvalue weighted by atomic mass is 28.4. The highest BCUT2D eigenvalue weighted by Crippen LogP contribution is 2.36. The second-order valence-corrected chi connectivity index (χ2v) is 13.7. The van der Waals surface area contributed by atoms with Crippen LogP contribution in [0.3, 0.4) is 0 Å². The summed E-state index contributed by atoms with van der Waals surface area (Å²) < 4.78 is 6.28. The Kier molecular flexibility index (Phi) is 7.59. The Morgan fingerprint density at radius 2 is 1.62 bits per heavy atom. The summed E-state index contributed by atoms with van der Waals surface area (Å²) in [6, 6.07) is 7.94. The van der Waals surface area contributed by atoms with Crippen molar-refractivity contribution in [3.8, 4) is 0 Å². The van der Waals surface area contributed by atoms with Gasteiger partial charge in [-0.1, -0.05) is 45.0 Å². The normalized spacial score (nSPS) is 17.4. The molecule has 0 bridgehead atoms. The molecule has 2 rings (SSSR count). The Balaban J connectivity index is 1.64. The van der Waals surface area contributed by atoms with E-state index in [9.17, 15) is 4.79 Å². The third-order valence-electron chi connectivity index (χ3n) is 5.87. The minimum atomic E-state index is -1.60. The molecule has 1 fully saturated rings. The van der Waals surface area contributed by atoms with Gasteiger partial charge in [-0.15, -0.1) is 0 Å². The van der Waals surface area contributed by atoms with E-state index in [1.165, 1.54) is 5.56 Å². The van der Waals surface area contributed by atoms with E-state index in [1.54, 1.807) is 0 Å². The van der Waals surface area contributed by atoms with Crippen molar-refractivity contribution in [3.63, 3.8) is 0 Å². The van der Waals surface area contributed by atoms with Crippen LogP contribution in [-0.2, 0) is 11.0 Å². The number of aldehydes is 1. The second kappa shape index (κ2) is 9.26. The maximum absolute atomic E-state index is 10.7. The summed E-state index contributed by atoms with van der Waals surface area (Å²) in [6.45, 7) is 19.0. The molecule has 0 atom stereocenters. The molecule has 1 heterocycles. The topological polar surface area (TPSA) is 32.8 Å². The maximum Gasteiger partial charge on any atom is 0.191 e. The molecule has 0 unspecified atom stereocenters. The molecule has 0 aliphatic carbocycles. The number of carbonyl (C=O) groups excluding carboxylic acids is 1. The smallest absolute Gasteiger partial charge is 0.191 e. The predicted molar refractivity (Wildman–Crippen MR) is 111 cm³/mol. The van der Waals surface area contributed by atoms with Crippen LogP contribution in [0.5, 0.6) is 0 Å². The Morgan fingerprint density at radius 3 is 2.15 bits per heavy atom. The van der Waals surface area contributed by atoms with E-state index in [1.807, 2.05) is 12.1 Å². The van der Waals surface area contributed by atoms with Crippen LogP contribution < -0.4 is 0 Å². The van der Waals surface area contributed by atoms with Gasteiger partial charge in [0.05, 0.1) is 0 Å². The quantitative estimate of drug-likeness (QED) is 0.390. The lowest BCUT2D eigenvalue weighted by Crippen LogP contribution is -2.46. The fourth-order valence-electron chi connectivity index (χ4n) is 2.96. The zero-order valence-corrected chi connectivity index (χ0v) is 18.3.